The zero-order valence-corrected chi connectivity index (χ0v) is 17.5. The molecule has 0 atom stereocenters. The molecule has 1 saturated heterocycles. The fourth-order valence-electron chi connectivity index (χ4n) is 3.40. The number of ether oxygens (including phenoxy) is 2. The first-order chi connectivity index (χ1) is 14.2. The van der Waals surface area contributed by atoms with Crippen LogP contribution < -0.4 is 15.4 Å². The van der Waals surface area contributed by atoms with Crippen LogP contribution in [0.2, 0.25) is 5.02 Å². The number of methoxy groups -OCH3 is 1. The molecule has 1 aliphatic rings. The van der Waals surface area contributed by atoms with E-state index in [1.165, 1.54) is 5.56 Å². The Labute approximate surface area is 177 Å². The molecule has 2 N–H and O–H groups in total. The molecule has 3 rings (SSSR count). The van der Waals surface area contributed by atoms with Crippen molar-refractivity contribution in [1.29, 1.82) is 0 Å². The summed E-state index contributed by atoms with van der Waals surface area (Å²) in [6.45, 7) is 3.67. The van der Waals surface area contributed by atoms with E-state index in [9.17, 15) is 4.79 Å². The Kier molecular flexibility index (Phi) is 8.16. The van der Waals surface area contributed by atoms with Crippen molar-refractivity contribution in [2.45, 2.75) is 25.4 Å². The lowest BCUT2D eigenvalue weighted by atomic mass is 10.0. The van der Waals surface area contributed by atoms with E-state index in [4.69, 9.17) is 21.1 Å². The Morgan fingerprint density at radius 2 is 1.86 bits per heavy atom. The zero-order valence-electron chi connectivity index (χ0n) is 16.7. The molecule has 2 aromatic rings. The lowest BCUT2D eigenvalue weighted by Crippen LogP contribution is -2.45. The van der Waals surface area contributed by atoms with E-state index < -0.39 is 0 Å². The second-order valence-corrected chi connectivity index (χ2v) is 7.50. The number of benzene rings is 2. The lowest BCUT2D eigenvalue weighted by molar-refractivity contribution is 0.146. The van der Waals surface area contributed by atoms with Crippen molar-refractivity contribution >= 4 is 23.3 Å². The van der Waals surface area contributed by atoms with Crippen LogP contribution >= 0.6 is 11.6 Å². The summed E-state index contributed by atoms with van der Waals surface area (Å²) < 4.78 is 10.7. The highest BCUT2D eigenvalue weighted by Crippen LogP contribution is 2.32. The van der Waals surface area contributed by atoms with Crippen LogP contribution in [0.5, 0.6) is 5.75 Å². The van der Waals surface area contributed by atoms with E-state index in [0.717, 1.165) is 32.5 Å². The number of carbonyl (C=O) groups excluding carboxylic acids is 1. The minimum atomic E-state index is -0.245. The normalized spacial score (nSPS) is 15.1. The van der Waals surface area contributed by atoms with Crippen molar-refractivity contribution < 1.29 is 14.3 Å². The minimum Gasteiger partial charge on any atom is -0.487 e. The number of nitrogens with one attached hydrogen (secondary N) is 2. The van der Waals surface area contributed by atoms with Crippen molar-refractivity contribution in [3.8, 4) is 5.75 Å². The maximum absolute atomic E-state index is 12.5. The smallest absolute Gasteiger partial charge is 0.319 e. The van der Waals surface area contributed by atoms with Crippen LogP contribution in [0.15, 0.2) is 48.5 Å². The maximum atomic E-state index is 12.5. The van der Waals surface area contributed by atoms with Crippen LogP contribution in [-0.2, 0) is 11.3 Å². The van der Waals surface area contributed by atoms with Gasteiger partial charge in [0.05, 0.1) is 17.3 Å². The molecule has 0 bridgehead atoms. The first kappa shape index (κ1) is 21.4. The van der Waals surface area contributed by atoms with Crippen LogP contribution in [0, 0.1) is 0 Å². The molecule has 0 radical (unpaired) electrons. The number of hydrogen-bond acceptors (Lipinski definition) is 4. The lowest BCUT2D eigenvalue weighted by Gasteiger charge is -2.32. The summed E-state index contributed by atoms with van der Waals surface area (Å²) in [6, 6.07) is 15.7. The highest BCUT2D eigenvalue weighted by molar-refractivity contribution is 6.32. The van der Waals surface area contributed by atoms with E-state index >= 15 is 0 Å². The Hall–Kier alpha value is -2.28. The van der Waals surface area contributed by atoms with E-state index in [1.54, 1.807) is 25.3 Å². The van der Waals surface area contributed by atoms with Gasteiger partial charge in [0.15, 0.2) is 5.75 Å². The van der Waals surface area contributed by atoms with Crippen LogP contribution in [0.3, 0.4) is 0 Å². The first-order valence-corrected chi connectivity index (χ1v) is 10.3. The molecule has 6 nitrogen and oxygen atoms in total. The number of urea groups is 1. The highest BCUT2D eigenvalue weighted by Gasteiger charge is 2.21. The van der Waals surface area contributed by atoms with Crippen molar-refractivity contribution in [3.63, 3.8) is 0 Å². The summed E-state index contributed by atoms with van der Waals surface area (Å²) in [5, 5.41) is 6.38. The molecule has 0 saturated carbocycles. The average Bonchev–Trinajstić information content (AvgIpc) is 2.72. The van der Waals surface area contributed by atoms with Gasteiger partial charge in [0, 0.05) is 32.8 Å². The monoisotopic (exact) mass is 417 g/mol. The van der Waals surface area contributed by atoms with Gasteiger partial charge in [-0.2, -0.15) is 0 Å². The average molecular weight is 418 g/mol. The van der Waals surface area contributed by atoms with Gasteiger partial charge in [0.1, 0.15) is 6.61 Å². The molecule has 1 aliphatic heterocycles. The third kappa shape index (κ3) is 6.63. The zero-order chi connectivity index (χ0) is 20.5. The molecule has 156 valence electrons. The van der Waals surface area contributed by atoms with Crippen molar-refractivity contribution in [1.82, 2.24) is 10.2 Å². The topological polar surface area (TPSA) is 62.8 Å². The summed E-state index contributed by atoms with van der Waals surface area (Å²) in [5.41, 5.74) is 1.87. The fraction of sp³-hybridized carbons (Fsp3) is 0.409. The number of carbonyl (C=O) groups is 1. The molecular weight excluding hydrogens is 390 g/mol. The Morgan fingerprint density at radius 1 is 1.10 bits per heavy atom. The molecule has 29 heavy (non-hydrogen) atoms. The number of rotatable bonds is 8. The summed E-state index contributed by atoms with van der Waals surface area (Å²) in [5.74, 6) is 0.457. The summed E-state index contributed by atoms with van der Waals surface area (Å²) in [6.07, 6.45) is 1.85. The quantitative estimate of drug-likeness (QED) is 0.633. The van der Waals surface area contributed by atoms with Crippen LogP contribution in [0.4, 0.5) is 10.5 Å². The molecule has 7 heteroatoms. The van der Waals surface area contributed by atoms with E-state index in [1.807, 2.05) is 6.07 Å². The van der Waals surface area contributed by atoms with Gasteiger partial charge in [-0.15, -0.1) is 0 Å². The number of anilines is 1. The van der Waals surface area contributed by atoms with Gasteiger partial charge in [0.25, 0.3) is 0 Å². The number of para-hydroxylation sites is 1. The first-order valence-electron chi connectivity index (χ1n) is 9.89. The van der Waals surface area contributed by atoms with Crippen LogP contribution in [-0.4, -0.2) is 50.4 Å². The fourth-order valence-corrected chi connectivity index (χ4v) is 3.63. The SMILES string of the molecule is COCCOc1c(Cl)cccc1NC(=O)NC1CCN(Cc2ccccc2)CC1. The third-order valence-corrected chi connectivity index (χ3v) is 5.22. The number of nitrogens with zero attached hydrogens (tertiary/aromatic N) is 1. The molecule has 2 amide bonds. The van der Waals surface area contributed by atoms with Crippen molar-refractivity contribution in [2.75, 3.05) is 38.7 Å². The Bertz CT molecular complexity index is 780. The standard InChI is InChI=1S/C22H28ClN3O3/c1-28-14-15-29-21-19(23)8-5-9-20(21)25-22(27)24-18-10-12-26(13-11-18)16-17-6-3-2-4-7-17/h2-9,18H,10-16H2,1H3,(H2,24,25,27). The van der Waals surface area contributed by atoms with Gasteiger partial charge in [-0.1, -0.05) is 48.0 Å². The van der Waals surface area contributed by atoms with Gasteiger partial charge in [-0.25, -0.2) is 4.79 Å². The Morgan fingerprint density at radius 3 is 2.59 bits per heavy atom. The number of hydrogen-bond donors (Lipinski definition) is 2. The molecule has 0 aromatic heterocycles. The Balaban J connectivity index is 1.47. The van der Waals surface area contributed by atoms with Gasteiger partial charge in [-0.05, 0) is 30.5 Å². The minimum absolute atomic E-state index is 0.152. The number of amides is 2. The van der Waals surface area contributed by atoms with E-state index in [-0.39, 0.29) is 12.1 Å². The number of likely N-dealkylation sites (tertiary alicyclic amines) is 1. The van der Waals surface area contributed by atoms with Crippen LogP contribution in [0.25, 0.3) is 0 Å². The molecular formula is C22H28ClN3O3. The van der Waals surface area contributed by atoms with Gasteiger partial charge in [-0.3, -0.25) is 4.90 Å². The number of halogens is 1. The van der Waals surface area contributed by atoms with E-state index in [2.05, 4.69) is 39.8 Å². The molecule has 0 spiro atoms. The second-order valence-electron chi connectivity index (χ2n) is 7.09. The third-order valence-electron chi connectivity index (χ3n) is 4.92. The molecule has 2 aromatic carbocycles. The second kappa shape index (κ2) is 11.0. The van der Waals surface area contributed by atoms with Gasteiger partial charge >= 0.3 is 6.03 Å². The number of piperidine rings is 1. The molecule has 1 fully saturated rings. The highest BCUT2D eigenvalue weighted by atomic mass is 35.5. The predicted octanol–water partition coefficient (Wildman–Crippen LogP) is 4.15. The molecule has 1 heterocycles. The van der Waals surface area contributed by atoms with Crippen molar-refractivity contribution in [2.24, 2.45) is 0 Å². The van der Waals surface area contributed by atoms with Gasteiger partial charge < -0.3 is 20.1 Å². The molecule has 0 unspecified atom stereocenters. The summed E-state index contributed by atoms with van der Waals surface area (Å²) in [4.78, 5) is 14.9. The van der Waals surface area contributed by atoms with Gasteiger partial charge in [0.2, 0.25) is 0 Å². The largest absolute Gasteiger partial charge is 0.487 e. The van der Waals surface area contributed by atoms with E-state index in [0.29, 0.717) is 29.7 Å². The summed E-state index contributed by atoms with van der Waals surface area (Å²) in [7, 11) is 1.60. The van der Waals surface area contributed by atoms with Crippen LogP contribution in [0.1, 0.15) is 18.4 Å². The predicted molar refractivity (Wildman–Crippen MR) is 116 cm³/mol. The van der Waals surface area contributed by atoms with Crippen molar-refractivity contribution in [3.05, 3.63) is 59.1 Å². The molecule has 0 aliphatic carbocycles. The summed E-state index contributed by atoms with van der Waals surface area (Å²) >= 11 is 6.22. The maximum Gasteiger partial charge on any atom is 0.319 e.